The zero-order chi connectivity index (χ0) is 20.0. The molecule has 7 heteroatoms. The summed E-state index contributed by atoms with van der Waals surface area (Å²) in [6.45, 7) is 2.07. The Labute approximate surface area is 176 Å². The molecule has 5 nitrogen and oxygen atoms in total. The smallest absolute Gasteiger partial charge is 0.157 e. The van der Waals surface area contributed by atoms with Crippen molar-refractivity contribution in [2.75, 3.05) is 0 Å². The lowest BCUT2D eigenvalue weighted by Gasteiger charge is -2.10. The molecule has 5 rings (SSSR count). The maximum Gasteiger partial charge on any atom is 0.157 e. The van der Waals surface area contributed by atoms with Gasteiger partial charge in [0.05, 0.1) is 32.3 Å². The molecule has 5 aromatic rings. The second-order valence-corrected chi connectivity index (χ2v) is 8.17. The summed E-state index contributed by atoms with van der Waals surface area (Å²) in [6.07, 6.45) is 4.64. The van der Waals surface area contributed by atoms with E-state index in [2.05, 4.69) is 28.4 Å². The first kappa shape index (κ1) is 18.0. The van der Waals surface area contributed by atoms with E-state index in [1.165, 1.54) is 0 Å². The van der Waals surface area contributed by atoms with Gasteiger partial charge in [-0.05, 0) is 42.3 Å². The van der Waals surface area contributed by atoms with E-state index in [9.17, 15) is 5.26 Å². The number of hydrogen-bond acceptors (Lipinski definition) is 4. The Morgan fingerprint density at radius 2 is 2.00 bits per heavy atom. The van der Waals surface area contributed by atoms with Gasteiger partial charge in [-0.25, -0.2) is 9.97 Å². The maximum absolute atomic E-state index is 9.74. The van der Waals surface area contributed by atoms with E-state index in [4.69, 9.17) is 16.6 Å². The molecule has 0 aliphatic carbocycles. The standard InChI is InChI=1S/C22H16ClN5S/c1-2-14-9-21(29-13-16-12-27-11-15(23)7-8-20(27)25-16)28-19-6-4-3-5-18(19)26-22(28)17(14)10-24/h3-9,11-12H,2,13H2,1H3. The Balaban J connectivity index is 1.62. The fraction of sp³-hybridized carbons (Fsp3) is 0.136. The second-order valence-electron chi connectivity index (χ2n) is 6.74. The van der Waals surface area contributed by atoms with Crippen LogP contribution < -0.4 is 0 Å². The Kier molecular flexibility index (Phi) is 4.42. The summed E-state index contributed by atoms with van der Waals surface area (Å²) in [7, 11) is 0. The zero-order valence-corrected chi connectivity index (χ0v) is 17.2. The van der Waals surface area contributed by atoms with Crippen molar-refractivity contribution < 1.29 is 0 Å². The topological polar surface area (TPSA) is 58.4 Å². The molecule has 142 valence electrons. The van der Waals surface area contributed by atoms with Gasteiger partial charge in [-0.3, -0.25) is 4.40 Å². The lowest BCUT2D eigenvalue weighted by molar-refractivity contribution is 1.00. The molecule has 0 amide bonds. The number of pyridine rings is 2. The lowest BCUT2D eigenvalue weighted by Crippen LogP contribution is -1.99. The van der Waals surface area contributed by atoms with Gasteiger partial charge in [0.1, 0.15) is 11.7 Å². The van der Waals surface area contributed by atoms with Crippen LogP contribution in [0, 0.1) is 11.3 Å². The predicted octanol–water partition coefficient (Wildman–Crippen LogP) is 5.51. The minimum atomic E-state index is 0.649. The van der Waals surface area contributed by atoms with E-state index in [1.54, 1.807) is 11.8 Å². The first-order valence-electron chi connectivity index (χ1n) is 9.27. The van der Waals surface area contributed by atoms with Crippen LogP contribution in [0.25, 0.3) is 22.3 Å². The monoisotopic (exact) mass is 417 g/mol. The summed E-state index contributed by atoms with van der Waals surface area (Å²) in [5.41, 5.74) is 6.12. The van der Waals surface area contributed by atoms with E-state index in [-0.39, 0.29) is 0 Å². The lowest BCUT2D eigenvalue weighted by atomic mass is 10.1. The average Bonchev–Trinajstić information content (AvgIpc) is 3.32. The van der Waals surface area contributed by atoms with Gasteiger partial charge < -0.3 is 4.40 Å². The van der Waals surface area contributed by atoms with Gasteiger partial charge in [0.2, 0.25) is 0 Å². The van der Waals surface area contributed by atoms with Crippen molar-refractivity contribution in [3.05, 3.63) is 76.7 Å². The number of imidazole rings is 2. The number of nitriles is 1. The summed E-state index contributed by atoms with van der Waals surface area (Å²) in [5, 5.41) is 11.5. The van der Waals surface area contributed by atoms with Crippen LogP contribution in [0.2, 0.25) is 5.02 Å². The van der Waals surface area contributed by atoms with Gasteiger partial charge in [0.15, 0.2) is 5.65 Å². The van der Waals surface area contributed by atoms with Gasteiger partial charge in [-0.1, -0.05) is 30.7 Å². The molecule has 1 aromatic carbocycles. The normalized spacial score (nSPS) is 11.5. The number of halogens is 1. The van der Waals surface area contributed by atoms with Crippen LogP contribution in [0.1, 0.15) is 23.7 Å². The molecule has 0 saturated heterocycles. The van der Waals surface area contributed by atoms with Crippen LogP contribution >= 0.6 is 23.4 Å². The van der Waals surface area contributed by atoms with Crippen molar-refractivity contribution in [1.82, 2.24) is 18.8 Å². The second kappa shape index (κ2) is 7.11. The van der Waals surface area contributed by atoms with Crippen molar-refractivity contribution in [3.63, 3.8) is 0 Å². The summed E-state index contributed by atoms with van der Waals surface area (Å²) in [4.78, 5) is 9.43. The Morgan fingerprint density at radius 3 is 2.83 bits per heavy atom. The molecule has 0 atom stereocenters. The third-order valence-electron chi connectivity index (χ3n) is 4.95. The van der Waals surface area contributed by atoms with Crippen molar-refractivity contribution in [2.45, 2.75) is 24.1 Å². The van der Waals surface area contributed by atoms with Gasteiger partial charge in [-0.15, -0.1) is 11.8 Å². The molecule has 0 fully saturated rings. The highest BCUT2D eigenvalue weighted by atomic mass is 35.5. The average molecular weight is 418 g/mol. The molecule has 0 N–H and O–H groups in total. The maximum atomic E-state index is 9.74. The van der Waals surface area contributed by atoms with Gasteiger partial charge in [0.25, 0.3) is 0 Å². The first-order valence-corrected chi connectivity index (χ1v) is 10.6. The van der Waals surface area contributed by atoms with Crippen molar-refractivity contribution in [1.29, 1.82) is 5.26 Å². The highest BCUT2D eigenvalue weighted by Gasteiger charge is 2.16. The Morgan fingerprint density at radius 1 is 1.14 bits per heavy atom. The number of aryl methyl sites for hydroxylation is 1. The summed E-state index contributed by atoms with van der Waals surface area (Å²) >= 11 is 7.78. The fourth-order valence-electron chi connectivity index (χ4n) is 3.59. The number of fused-ring (bicyclic) bond motifs is 4. The number of rotatable bonds is 4. The van der Waals surface area contributed by atoms with E-state index >= 15 is 0 Å². The number of nitrogens with zero attached hydrogens (tertiary/aromatic N) is 5. The zero-order valence-electron chi connectivity index (χ0n) is 15.6. The summed E-state index contributed by atoms with van der Waals surface area (Å²) in [5.74, 6) is 0.704. The van der Waals surface area contributed by atoms with E-state index in [0.29, 0.717) is 16.3 Å². The number of aromatic nitrogens is 4. The van der Waals surface area contributed by atoms with Crippen molar-refractivity contribution >= 4 is 45.7 Å². The number of hydrogen-bond donors (Lipinski definition) is 0. The minimum Gasteiger partial charge on any atom is -0.305 e. The molecule has 4 heterocycles. The highest BCUT2D eigenvalue weighted by Crippen LogP contribution is 2.31. The molecule has 0 radical (unpaired) electrons. The third kappa shape index (κ3) is 3.03. The van der Waals surface area contributed by atoms with Crippen molar-refractivity contribution in [2.24, 2.45) is 0 Å². The fourth-order valence-corrected chi connectivity index (χ4v) is 4.73. The van der Waals surface area contributed by atoms with Crippen LogP contribution in [-0.4, -0.2) is 18.8 Å². The van der Waals surface area contributed by atoms with Crippen LogP contribution in [0.5, 0.6) is 0 Å². The molecular formula is C22H16ClN5S. The molecular weight excluding hydrogens is 402 g/mol. The first-order chi connectivity index (χ1) is 14.2. The number of para-hydroxylation sites is 2. The Bertz CT molecular complexity index is 1430. The summed E-state index contributed by atoms with van der Waals surface area (Å²) in [6, 6.07) is 16.2. The number of thioether (sulfide) groups is 1. The minimum absolute atomic E-state index is 0.649. The molecule has 0 unspecified atom stereocenters. The molecule has 0 saturated carbocycles. The largest absolute Gasteiger partial charge is 0.305 e. The van der Waals surface area contributed by atoms with E-state index in [0.717, 1.165) is 45.0 Å². The molecule has 29 heavy (non-hydrogen) atoms. The van der Waals surface area contributed by atoms with Gasteiger partial charge in [-0.2, -0.15) is 5.26 Å². The SMILES string of the molecule is CCc1cc(SCc2cn3cc(Cl)ccc3n2)n2c(nc3ccccc32)c1C#N. The van der Waals surface area contributed by atoms with Gasteiger partial charge >= 0.3 is 0 Å². The van der Waals surface area contributed by atoms with Crippen molar-refractivity contribution in [3.8, 4) is 6.07 Å². The Hall–Kier alpha value is -3.01. The molecule has 0 spiro atoms. The van der Waals surface area contributed by atoms with E-state index < -0.39 is 0 Å². The highest BCUT2D eigenvalue weighted by molar-refractivity contribution is 7.98. The predicted molar refractivity (Wildman–Crippen MR) is 117 cm³/mol. The number of benzene rings is 1. The van der Waals surface area contributed by atoms with E-state index in [1.807, 2.05) is 53.2 Å². The van der Waals surface area contributed by atoms with Crippen LogP contribution in [0.3, 0.4) is 0 Å². The molecule has 0 aliphatic heterocycles. The van der Waals surface area contributed by atoms with Crippen LogP contribution in [-0.2, 0) is 12.2 Å². The molecule has 4 aromatic heterocycles. The van der Waals surface area contributed by atoms with Crippen LogP contribution in [0.15, 0.2) is 59.9 Å². The molecule has 0 aliphatic rings. The van der Waals surface area contributed by atoms with Gasteiger partial charge in [0, 0.05) is 18.1 Å². The van der Waals surface area contributed by atoms with Crippen LogP contribution in [0.4, 0.5) is 0 Å². The third-order valence-corrected chi connectivity index (χ3v) is 6.21. The quantitative estimate of drug-likeness (QED) is 0.361. The molecule has 0 bridgehead atoms. The summed E-state index contributed by atoms with van der Waals surface area (Å²) < 4.78 is 4.03.